The highest BCUT2D eigenvalue weighted by Gasteiger charge is 2.18. The lowest BCUT2D eigenvalue weighted by Crippen LogP contribution is -2.47. The summed E-state index contributed by atoms with van der Waals surface area (Å²) in [5.74, 6) is 0.217. The number of carbonyl (C=O) groups excluding carboxylic acids is 1. The molecule has 23 heavy (non-hydrogen) atoms. The number of rotatable bonds is 7. The molecule has 0 radical (unpaired) electrons. The largest absolute Gasteiger partial charge is 0.387 e. The zero-order valence-corrected chi connectivity index (χ0v) is 14.3. The first-order valence-electron chi connectivity index (χ1n) is 8.55. The Balaban J connectivity index is 1.80. The van der Waals surface area contributed by atoms with Crippen molar-refractivity contribution in [3.05, 3.63) is 35.4 Å². The molecule has 2 N–H and O–H groups in total. The Morgan fingerprint density at radius 1 is 1.30 bits per heavy atom. The van der Waals surface area contributed by atoms with Crippen molar-refractivity contribution in [3.63, 3.8) is 0 Å². The quantitative estimate of drug-likeness (QED) is 0.792. The molecule has 0 aliphatic carbocycles. The lowest BCUT2D eigenvalue weighted by Gasteiger charge is -2.29. The molecule has 1 saturated heterocycles. The maximum Gasteiger partial charge on any atom is 0.223 e. The van der Waals surface area contributed by atoms with Gasteiger partial charge in [-0.15, -0.1) is 0 Å². The van der Waals surface area contributed by atoms with Gasteiger partial charge >= 0.3 is 0 Å². The van der Waals surface area contributed by atoms with Crippen molar-refractivity contribution >= 4 is 5.91 Å². The van der Waals surface area contributed by atoms with E-state index in [1.807, 2.05) is 36.1 Å². The molecule has 0 spiro atoms. The number of aryl methyl sites for hydroxylation is 1. The molecule has 1 unspecified atom stereocenters. The molecular formula is C18H29N3O2. The van der Waals surface area contributed by atoms with Gasteiger partial charge in [0.2, 0.25) is 5.91 Å². The Kier molecular flexibility index (Phi) is 7.02. The highest BCUT2D eigenvalue weighted by Crippen LogP contribution is 2.15. The zero-order chi connectivity index (χ0) is 16.7. The normalized spacial score (nSPS) is 16.6. The van der Waals surface area contributed by atoms with Crippen LogP contribution in [0.5, 0.6) is 0 Å². The van der Waals surface area contributed by atoms with Crippen LogP contribution in [0.15, 0.2) is 24.3 Å². The van der Waals surface area contributed by atoms with Crippen LogP contribution in [0.1, 0.15) is 30.6 Å². The number of aliphatic hydroxyl groups is 1. The van der Waals surface area contributed by atoms with Gasteiger partial charge in [-0.05, 0) is 19.0 Å². The summed E-state index contributed by atoms with van der Waals surface area (Å²) < 4.78 is 0. The van der Waals surface area contributed by atoms with Crippen LogP contribution in [0, 0.1) is 6.92 Å². The van der Waals surface area contributed by atoms with Gasteiger partial charge < -0.3 is 20.2 Å². The number of amides is 1. The van der Waals surface area contributed by atoms with E-state index >= 15 is 0 Å². The molecule has 1 aromatic carbocycles. The van der Waals surface area contributed by atoms with E-state index in [1.165, 1.54) is 5.56 Å². The Morgan fingerprint density at radius 2 is 1.96 bits per heavy atom. The fourth-order valence-electron chi connectivity index (χ4n) is 2.84. The highest BCUT2D eigenvalue weighted by molar-refractivity contribution is 5.76. The molecule has 1 heterocycles. The molecule has 2 rings (SSSR count). The SMILES string of the molecule is CCN(CCC(=O)N1CCNCC1)CC(O)c1ccc(C)cc1. The first-order chi connectivity index (χ1) is 11.1. The average Bonchev–Trinajstić information content (AvgIpc) is 2.59. The Bertz CT molecular complexity index is 484. The van der Waals surface area contributed by atoms with E-state index in [0.717, 1.165) is 38.3 Å². The number of piperazine rings is 1. The van der Waals surface area contributed by atoms with Crippen molar-refractivity contribution in [2.45, 2.75) is 26.4 Å². The van der Waals surface area contributed by atoms with Gasteiger partial charge in [0, 0.05) is 45.7 Å². The lowest BCUT2D eigenvalue weighted by molar-refractivity contribution is -0.132. The Labute approximate surface area is 139 Å². The molecule has 0 saturated carbocycles. The predicted molar refractivity (Wildman–Crippen MR) is 92.3 cm³/mol. The fraction of sp³-hybridized carbons (Fsp3) is 0.611. The molecule has 128 valence electrons. The molecule has 1 amide bonds. The van der Waals surface area contributed by atoms with E-state index in [1.54, 1.807) is 0 Å². The van der Waals surface area contributed by atoms with E-state index < -0.39 is 6.10 Å². The summed E-state index contributed by atoms with van der Waals surface area (Å²) in [4.78, 5) is 16.3. The summed E-state index contributed by atoms with van der Waals surface area (Å²) in [7, 11) is 0. The van der Waals surface area contributed by atoms with E-state index in [-0.39, 0.29) is 5.91 Å². The number of hydrogen-bond donors (Lipinski definition) is 2. The minimum absolute atomic E-state index is 0.217. The fourth-order valence-corrected chi connectivity index (χ4v) is 2.84. The van der Waals surface area contributed by atoms with Crippen LogP contribution >= 0.6 is 0 Å². The van der Waals surface area contributed by atoms with E-state index in [9.17, 15) is 9.90 Å². The minimum atomic E-state index is -0.509. The van der Waals surface area contributed by atoms with Crippen molar-refractivity contribution in [2.75, 3.05) is 45.8 Å². The number of hydrogen-bond acceptors (Lipinski definition) is 4. The second-order valence-corrected chi connectivity index (χ2v) is 6.20. The number of nitrogens with one attached hydrogen (secondary N) is 1. The van der Waals surface area contributed by atoms with Gasteiger partial charge in [0.05, 0.1) is 6.10 Å². The second kappa shape index (κ2) is 9.01. The third-order valence-electron chi connectivity index (χ3n) is 4.45. The second-order valence-electron chi connectivity index (χ2n) is 6.20. The molecule has 5 heteroatoms. The van der Waals surface area contributed by atoms with Gasteiger partial charge in [-0.2, -0.15) is 0 Å². The molecule has 1 fully saturated rings. The van der Waals surface area contributed by atoms with Gasteiger partial charge in [-0.3, -0.25) is 4.79 Å². The third kappa shape index (κ3) is 5.61. The van der Waals surface area contributed by atoms with E-state index in [4.69, 9.17) is 0 Å². The van der Waals surface area contributed by atoms with Crippen molar-refractivity contribution in [1.82, 2.24) is 15.1 Å². The summed E-state index contributed by atoms with van der Waals surface area (Å²) in [5, 5.41) is 13.6. The van der Waals surface area contributed by atoms with Crippen molar-refractivity contribution in [1.29, 1.82) is 0 Å². The topological polar surface area (TPSA) is 55.8 Å². The molecule has 1 atom stereocenters. The molecule has 1 aliphatic heterocycles. The van der Waals surface area contributed by atoms with Crippen LogP contribution in [-0.4, -0.2) is 66.6 Å². The first-order valence-corrected chi connectivity index (χ1v) is 8.55. The maximum atomic E-state index is 12.2. The Hall–Kier alpha value is -1.43. The van der Waals surface area contributed by atoms with Gasteiger partial charge in [0.15, 0.2) is 0 Å². The smallest absolute Gasteiger partial charge is 0.223 e. The summed E-state index contributed by atoms with van der Waals surface area (Å²) in [6.45, 7) is 9.57. The van der Waals surface area contributed by atoms with Crippen molar-refractivity contribution in [2.24, 2.45) is 0 Å². The number of carbonyl (C=O) groups is 1. The number of aliphatic hydroxyl groups excluding tert-OH is 1. The summed E-state index contributed by atoms with van der Waals surface area (Å²) in [6.07, 6.45) is 0.0129. The number of benzene rings is 1. The average molecular weight is 319 g/mol. The number of nitrogens with zero attached hydrogens (tertiary/aromatic N) is 2. The van der Waals surface area contributed by atoms with Gasteiger partial charge in [0.25, 0.3) is 0 Å². The van der Waals surface area contributed by atoms with Gasteiger partial charge in [-0.1, -0.05) is 36.8 Å². The molecule has 1 aromatic rings. The van der Waals surface area contributed by atoms with Gasteiger partial charge in [-0.25, -0.2) is 0 Å². The van der Waals surface area contributed by atoms with Crippen molar-refractivity contribution in [3.8, 4) is 0 Å². The standard InChI is InChI=1S/C18H29N3O2/c1-3-20(11-8-18(23)21-12-9-19-10-13-21)14-17(22)16-6-4-15(2)5-7-16/h4-7,17,19,22H,3,8-14H2,1-2H3. The monoisotopic (exact) mass is 319 g/mol. The van der Waals surface area contributed by atoms with Crippen molar-refractivity contribution < 1.29 is 9.90 Å². The summed E-state index contributed by atoms with van der Waals surface area (Å²) >= 11 is 0. The lowest BCUT2D eigenvalue weighted by atomic mass is 10.1. The minimum Gasteiger partial charge on any atom is -0.387 e. The van der Waals surface area contributed by atoms with E-state index in [0.29, 0.717) is 19.5 Å². The maximum absolute atomic E-state index is 12.2. The molecule has 5 nitrogen and oxygen atoms in total. The molecular weight excluding hydrogens is 290 g/mol. The summed E-state index contributed by atoms with van der Waals surface area (Å²) in [6, 6.07) is 7.98. The van der Waals surface area contributed by atoms with E-state index in [2.05, 4.69) is 17.1 Å². The summed E-state index contributed by atoms with van der Waals surface area (Å²) in [5.41, 5.74) is 2.12. The van der Waals surface area contributed by atoms with Crippen LogP contribution in [-0.2, 0) is 4.79 Å². The van der Waals surface area contributed by atoms with Crippen LogP contribution in [0.25, 0.3) is 0 Å². The zero-order valence-electron chi connectivity index (χ0n) is 14.3. The molecule has 0 bridgehead atoms. The van der Waals surface area contributed by atoms with Gasteiger partial charge in [0.1, 0.15) is 0 Å². The van der Waals surface area contributed by atoms with Crippen LogP contribution < -0.4 is 5.32 Å². The number of likely N-dealkylation sites (N-methyl/N-ethyl adjacent to an activating group) is 1. The van der Waals surface area contributed by atoms with Crippen LogP contribution in [0.3, 0.4) is 0 Å². The molecule has 0 aromatic heterocycles. The molecule has 1 aliphatic rings. The van der Waals surface area contributed by atoms with Crippen LogP contribution in [0.2, 0.25) is 0 Å². The highest BCUT2D eigenvalue weighted by atomic mass is 16.3. The van der Waals surface area contributed by atoms with Crippen LogP contribution in [0.4, 0.5) is 0 Å². The predicted octanol–water partition coefficient (Wildman–Crippen LogP) is 1.17. The first kappa shape index (κ1) is 17.9. The Morgan fingerprint density at radius 3 is 2.57 bits per heavy atom. The third-order valence-corrected chi connectivity index (χ3v) is 4.45.